The van der Waals surface area contributed by atoms with Crippen molar-refractivity contribution in [3.8, 4) is 0 Å². The molecule has 0 radical (unpaired) electrons. The summed E-state index contributed by atoms with van der Waals surface area (Å²) in [6.45, 7) is 5.78. The van der Waals surface area contributed by atoms with E-state index < -0.39 is 14.9 Å². The number of nitro benzene ring substituents is 1. The molecule has 22 heavy (non-hydrogen) atoms. The summed E-state index contributed by atoms with van der Waals surface area (Å²) in [5.41, 5.74) is -0.0519. The standard InChI is InChI=1S/C13H20N4O4S/c1-13(2)8-16(3)7-12(13)15-10-5-4-9(22(14,20)21)6-11(10)17(18)19/h4-6,12,15H,7-8H2,1-3H3,(H2,14,20,21). The van der Waals surface area contributed by atoms with Crippen LogP contribution in [0.2, 0.25) is 0 Å². The Morgan fingerprint density at radius 2 is 2.09 bits per heavy atom. The number of nitro groups is 1. The molecule has 3 N–H and O–H groups in total. The van der Waals surface area contributed by atoms with Crippen molar-refractivity contribution in [2.45, 2.75) is 24.8 Å². The first-order valence-electron chi connectivity index (χ1n) is 6.77. The van der Waals surface area contributed by atoms with Gasteiger partial charge in [-0.05, 0) is 24.6 Å². The number of nitrogens with one attached hydrogen (secondary N) is 1. The highest BCUT2D eigenvalue weighted by atomic mass is 32.2. The molecular weight excluding hydrogens is 308 g/mol. The minimum atomic E-state index is -3.97. The minimum Gasteiger partial charge on any atom is -0.375 e. The maximum absolute atomic E-state index is 11.3. The molecule has 0 aromatic heterocycles. The van der Waals surface area contributed by atoms with E-state index in [4.69, 9.17) is 5.14 Å². The molecule has 1 saturated heterocycles. The Labute approximate surface area is 129 Å². The topological polar surface area (TPSA) is 119 Å². The zero-order chi connectivity index (χ0) is 16.7. The van der Waals surface area contributed by atoms with Gasteiger partial charge >= 0.3 is 0 Å². The Hall–Kier alpha value is -1.71. The zero-order valence-corrected chi connectivity index (χ0v) is 13.6. The fourth-order valence-corrected chi connectivity index (χ4v) is 3.35. The number of likely N-dealkylation sites (N-methyl/N-ethyl adjacent to an activating group) is 1. The summed E-state index contributed by atoms with van der Waals surface area (Å²) in [6.07, 6.45) is 0. The lowest BCUT2D eigenvalue weighted by atomic mass is 9.87. The molecule has 8 nitrogen and oxygen atoms in total. The number of hydrogen-bond acceptors (Lipinski definition) is 6. The normalized spacial score (nSPS) is 21.7. The molecule has 1 fully saturated rings. The van der Waals surface area contributed by atoms with Crippen LogP contribution in [-0.4, -0.2) is 44.4 Å². The molecule has 1 unspecified atom stereocenters. The molecule has 1 aliphatic rings. The van der Waals surface area contributed by atoms with Crippen molar-refractivity contribution in [3.05, 3.63) is 28.3 Å². The Balaban J connectivity index is 2.38. The van der Waals surface area contributed by atoms with Gasteiger partial charge in [0.25, 0.3) is 5.69 Å². The predicted octanol–water partition coefficient (Wildman–Crippen LogP) is 0.994. The highest BCUT2D eigenvalue weighted by molar-refractivity contribution is 7.89. The van der Waals surface area contributed by atoms with Crippen molar-refractivity contribution in [3.63, 3.8) is 0 Å². The van der Waals surface area contributed by atoms with Gasteiger partial charge in [0.05, 0.1) is 9.82 Å². The van der Waals surface area contributed by atoms with Gasteiger partial charge in [-0.25, -0.2) is 13.6 Å². The van der Waals surface area contributed by atoms with Crippen molar-refractivity contribution in [1.29, 1.82) is 0 Å². The largest absolute Gasteiger partial charge is 0.375 e. The molecular formula is C13H20N4O4S. The van der Waals surface area contributed by atoms with Crippen LogP contribution in [0.5, 0.6) is 0 Å². The third kappa shape index (κ3) is 3.37. The van der Waals surface area contributed by atoms with E-state index in [9.17, 15) is 18.5 Å². The second kappa shape index (κ2) is 5.49. The molecule has 1 heterocycles. The second-order valence-electron chi connectivity index (χ2n) is 6.36. The highest BCUT2D eigenvalue weighted by Crippen LogP contribution is 2.34. The van der Waals surface area contributed by atoms with E-state index >= 15 is 0 Å². The summed E-state index contributed by atoms with van der Waals surface area (Å²) < 4.78 is 22.7. The molecule has 1 aromatic rings. The maximum atomic E-state index is 11.3. The Morgan fingerprint density at radius 1 is 1.45 bits per heavy atom. The zero-order valence-electron chi connectivity index (χ0n) is 12.7. The van der Waals surface area contributed by atoms with Crippen LogP contribution in [0, 0.1) is 15.5 Å². The van der Waals surface area contributed by atoms with Crippen molar-refractivity contribution in [2.24, 2.45) is 10.6 Å². The molecule has 1 atom stereocenters. The Morgan fingerprint density at radius 3 is 2.55 bits per heavy atom. The number of nitrogens with zero attached hydrogens (tertiary/aromatic N) is 2. The number of sulfonamides is 1. The van der Waals surface area contributed by atoms with Gasteiger partial charge in [0.1, 0.15) is 5.69 Å². The molecule has 0 saturated carbocycles. The Kier molecular flexibility index (Phi) is 4.16. The van der Waals surface area contributed by atoms with Crippen LogP contribution in [0.15, 0.2) is 23.1 Å². The second-order valence-corrected chi connectivity index (χ2v) is 7.92. The van der Waals surface area contributed by atoms with E-state index in [1.54, 1.807) is 0 Å². The lowest BCUT2D eigenvalue weighted by Gasteiger charge is -2.27. The highest BCUT2D eigenvalue weighted by Gasteiger charge is 2.38. The number of hydrogen-bond donors (Lipinski definition) is 2. The summed E-state index contributed by atoms with van der Waals surface area (Å²) >= 11 is 0. The fraction of sp³-hybridized carbons (Fsp3) is 0.538. The van der Waals surface area contributed by atoms with Gasteiger partial charge in [-0.15, -0.1) is 0 Å². The number of rotatable bonds is 4. The number of primary sulfonamides is 1. The summed E-state index contributed by atoms with van der Waals surface area (Å²) in [4.78, 5) is 12.5. The van der Waals surface area contributed by atoms with Crippen LogP contribution in [-0.2, 0) is 10.0 Å². The molecule has 0 amide bonds. The molecule has 2 rings (SSSR count). The summed E-state index contributed by atoms with van der Waals surface area (Å²) in [5, 5.41) is 19.4. The van der Waals surface area contributed by atoms with Gasteiger partial charge in [0.15, 0.2) is 0 Å². The minimum absolute atomic E-state index is 0.0246. The van der Waals surface area contributed by atoms with Gasteiger partial charge in [0, 0.05) is 25.2 Å². The van der Waals surface area contributed by atoms with Crippen molar-refractivity contribution >= 4 is 21.4 Å². The SMILES string of the molecule is CN1CC(Nc2ccc(S(N)(=O)=O)cc2[N+](=O)[O-])C(C)(C)C1. The van der Waals surface area contributed by atoms with Crippen molar-refractivity contribution in [2.75, 3.05) is 25.5 Å². The Bertz CT molecular complexity index is 702. The van der Waals surface area contributed by atoms with E-state index in [-0.39, 0.29) is 22.0 Å². The van der Waals surface area contributed by atoms with Crippen LogP contribution in [0.3, 0.4) is 0 Å². The lowest BCUT2D eigenvalue weighted by molar-refractivity contribution is -0.384. The summed E-state index contributed by atoms with van der Waals surface area (Å²) in [7, 11) is -1.99. The number of benzene rings is 1. The number of nitrogens with two attached hydrogens (primary N) is 1. The van der Waals surface area contributed by atoms with Gasteiger partial charge in [0.2, 0.25) is 10.0 Å². The van der Waals surface area contributed by atoms with Crippen LogP contribution < -0.4 is 10.5 Å². The molecule has 0 bridgehead atoms. The first kappa shape index (κ1) is 16.7. The van der Waals surface area contributed by atoms with Crippen LogP contribution in [0.1, 0.15) is 13.8 Å². The summed E-state index contributed by atoms with van der Waals surface area (Å²) in [6, 6.07) is 3.68. The van der Waals surface area contributed by atoms with Gasteiger partial charge in [-0.2, -0.15) is 0 Å². The smallest absolute Gasteiger partial charge is 0.293 e. The quantitative estimate of drug-likeness (QED) is 0.628. The third-order valence-corrected chi connectivity index (χ3v) is 4.85. The lowest BCUT2D eigenvalue weighted by Crippen LogP contribution is -2.34. The van der Waals surface area contributed by atoms with E-state index in [1.165, 1.54) is 12.1 Å². The monoisotopic (exact) mass is 328 g/mol. The summed E-state index contributed by atoms with van der Waals surface area (Å²) in [5.74, 6) is 0. The van der Waals surface area contributed by atoms with E-state index in [0.29, 0.717) is 5.69 Å². The van der Waals surface area contributed by atoms with Gasteiger partial charge in [-0.1, -0.05) is 13.8 Å². The van der Waals surface area contributed by atoms with Crippen LogP contribution >= 0.6 is 0 Å². The number of likely N-dealkylation sites (tertiary alicyclic amines) is 1. The first-order chi connectivity index (χ1) is 10.0. The molecule has 1 aromatic carbocycles. The molecule has 0 aliphatic carbocycles. The number of anilines is 1. The molecule has 9 heteroatoms. The third-order valence-electron chi connectivity index (χ3n) is 3.94. The fourth-order valence-electron chi connectivity index (χ4n) is 2.82. The predicted molar refractivity (Wildman–Crippen MR) is 83.2 cm³/mol. The molecule has 122 valence electrons. The molecule has 0 spiro atoms. The molecule has 1 aliphatic heterocycles. The van der Waals surface area contributed by atoms with Crippen molar-refractivity contribution < 1.29 is 13.3 Å². The van der Waals surface area contributed by atoms with Crippen molar-refractivity contribution in [1.82, 2.24) is 4.90 Å². The van der Waals surface area contributed by atoms with Crippen LogP contribution in [0.4, 0.5) is 11.4 Å². The van der Waals surface area contributed by atoms with Crippen LogP contribution in [0.25, 0.3) is 0 Å². The van der Waals surface area contributed by atoms with E-state index in [2.05, 4.69) is 24.1 Å². The van der Waals surface area contributed by atoms with Gasteiger partial charge in [-0.3, -0.25) is 10.1 Å². The average Bonchev–Trinajstić information content (AvgIpc) is 2.60. The average molecular weight is 328 g/mol. The first-order valence-corrected chi connectivity index (χ1v) is 8.32. The van der Waals surface area contributed by atoms with E-state index in [1.807, 2.05) is 7.05 Å². The maximum Gasteiger partial charge on any atom is 0.293 e. The van der Waals surface area contributed by atoms with E-state index in [0.717, 1.165) is 19.2 Å². The van der Waals surface area contributed by atoms with Gasteiger partial charge < -0.3 is 10.2 Å².